The number of methoxy groups -OCH3 is 1. The van der Waals surface area contributed by atoms with E-state index < -0.39 is 0 Å². The molecule has 0 aromatic heterocycles. The van der Waals surface area contributed by atoms with Crippen LogP contribution >= 0.6 is 0 Å². The lowest BCUT2D eigenvalue weighted by molar-refractivity contribution is -0.120. The van der Waals surface area contributed by atoms with Crippen molar-refractivity contribution in [2.24, 2.45) is 0 Å². The second-order valence-corrected chi connectivity index (χ2v) is 6.36. The van der Waals surface area contributed by atoms with Crippen LogP contribution in [0.1, 0.15) is 16.7 Å². The average molecular weight is 379 g/mol. The summed E-state index contributed by atoms with van der Waals surface area (Å²) < 4.78 is 23.8. The van der Waals surface area contributed by atoms with Crippen LogP contribution in [0, 0.1) is 5.82 Å². The molecule has 5 heteroatoms. The highest BCUT2D eigenvalue weighted by atomic mass is 19.1. The number of nitrogens with one attached hydrogen (secondary N) is 1. The van der Waals surface area contributed by atoms with Gasteiger partial charge in [0.1, 0.15) is 23.9 Å². The lowest BCUT2D eigenvalue weighted by atomic mass is 10.1. The number of halogens is 1. The zero-order chi connectivity index (χ0) is 19.8. The summed E-state index contributed by atoms with van der Waals surface area (Å²) in [7, 11) is 1.64. The molecule has 0 atom stereocenters. The zero-order valence-corrected chi connectivity index (χ0v) is 15.7. The largest absolute Gasteiger partial charge is 0.497 e. The van der Waals surface area contributed by atoms with E-state index >= 15 is 0 Å². The van der Waals surface area contributed by atoms with Crippen LogP contribution in [-0.4, -0.2) is 13.0 Å². The number of ether oxygens (including phenoxy) is 2. The van der Waals surface area contributed by atoms with Crippen LogP contribution in [0.25, 0.3) is 0 Å². The minimum atomic E-state index is -0.288. The number of carbonyl (C=O) groups excluding carboxylic acids is 1. The Labute approximate surface area is 163 Å². The highest BCUT2D eigenvalue weighted by molar-refractivity contribution is 5.78. The Morgan fingerprint density at radius 2 is 1.39 bits per heavy atom. The molecule has 3 aromatic rings. The second-order valence-electron chi connectivity index (χ2n) is 6.36. The first-order valence-electron chi connectivity index (χ1n) is 8.98. The zero-order valence-electron chi connectivity index (χ0n) is 15.7. The van der Waals surface area contributed by atoms with Crippen molar-refractivity contribution in [2.75, 3.05) is 7.11 Å². The second kappa shape index (κ2) is 9.55. The minimum Gasteiger partial charge on any atom is -0.497 e. The van der Waals surface area contributed by atoms with Crippen molar-refractivity contribution in [3.63, 3.8) is 0 Å². The highest BCUT2D eigenvalue weighted by Crippen LogP contribution is 2.16. The van der Waals surface area contributed by atoms with E-state index in [0.29, 0.717) is 13.2 Å². The number of hydrogen-bond donors (Lipinski definition) is 1. The van der Waals surface area contributed by atoms with Gasteiger partial charge in [0.2, 0.25) is 5.91 Å². The van der Waals surface area contributed by atoms with Crippen molar-refractivity contribution in [1.29, 1.82) is 0 Å². The summed E-state index contributed by atoms with van der Waals surface area (Å²) in [6, 6.07) is 21.2. The fourth-order valence-electron chi connectivity index (χ4n) is 2.64. The first kappa shape index (κ1) is 19.4. The molecule has 28 heavy (non-hydrogen) atoms. The summed E-state index contributed by atoms with van der Waals surface area (Å²) in [5.74, 6) is 1.18. The van der Waals surface area contributed by atoms with Crippen molar-refractivity contribution >= 4 is 5.91 Å². The van der Waals surface area contributed by atoms with Crippen molar-refractivity contribution in [2.45, 2.75) is 19.6 Å². The van der Waals surface area contributed by atoms with Gasteiger partial charge in [-0.25, -0.2) is 4.39 Å². The summed E-state index contributed by atoms with van der Waals surface area (Å²) in [4.78, 5) is 12.1. The van der Waals surface area contributed by atoms with Crippen LogP contribution in [0.15, 0.2) is 72.8 Å². The fraction of sp³-hybridized carbons (Fsp3) is 0.174. The standard InChI is InChI=1S/C23H22FNO3/c1-27-21-10-6-19(7-11-21)16-28-22-12-4-17(5-13-22)14-23(26)25-15-18-2-8-20(24)9-3-18/h2-13H,14-16H2,1H3,(H,25,26). The third-order valence-electron chi connectivity index (χ3n) is 4.26. The molecule has 0 saturated carbocycles. The molecule has 0 saturated heterocycles. The third-order valence-corrected chi connectivity index (χ3v) is 4.26. The molecular formula is C23H22FNO3. The van der Waals surface area contributed by atoms with Crippen molar-refractivity contribution < 1.29 is 18.7 Å². The molecular weight excluding hydrogens is 357 g/mol. The number of rotatable bonds is 8. The van der Waals surface area contributed by atoms with Crippen LogP contribution in [0.4, 0.5) is 4.39 Å². The minimum absolute atomic E-state index is 0.0868. The maximum atomic E-state index is 12.9. The van der Waals surface area contributed by atoms with E-state index in [2.05, 4.69) is 5.32 Å². The Bertz CT molecular complexity index is 891. The Hall–Kier alpha value is -3.34. The summed E-state index contributed by atoms with van der Waals surface area (Å²) in [6.07, 6.45) is 0.278. The predicted octanol–water partition coefficient (Wildman–Crippen LogP) is 4.27. The first-order chi connectivity index (χ1) is 13.6. The van der Waals surface area contributed by atoms with Crippen LogP contribution in [-0.2, 0) is 24.4 Å². The number of carbonyl (C=O) groups is 1. The third kappa shape index (κ3) is 5.84. The molecule has 3 aromatic carbocycles. The van der Waals surface area contributed by atoms with E-state index in [1.165, 1.54) is 12.1 Å². The molecule has 4 nitrogen and oxygen atoms in total. The van der Waals surface area contributed by atoms with Gasteiger partial charge in [0.05, 0.1) is 13.5 Å². The van der Waals surface area contributed by atoms with Gasteiger partial charge in [-0.1, -0.05) is 36.4 Å². The van der Waals surface area contributed by atoms with Crippen LogP contribution in [0.5, 0.6) is 11.5 Å². The van der Waals surface area contributed by atoms with Gasteiger partial charge in [-0.05, 0) is 53.1 Å². The maximum Gasteiger partial charge on any atom is 0.224 e. The van der Waals surface area contributed by atoms with E-state index in [4.69, 9.17) is 9.47 Å². The van der Waals surface area contributed by atoms with Crippen LogP contribution in [0.3, 0.4) is 0 Å². The SMILES string of the molecule is COc1ccc(COc2ccc(CC(=O)NCc3ccc(F)cc3)cc2)cc1. The lowest BCUT2D eigenvalue weighted by Crippen LogP contribution is -2.24. The van der Waals surface area contributed by atoms with Gasteiger partial charge in [-0.2, -0.15) is 0 Å². The van der Waals surface area contributed by atoms with Crippen molar-refractivity contribution in [3.8, 4) is 11.5 Å². The van der Waals surface area contributed by atoms with Crippen LogP contribution in [0.2, 0.25) is 0 Å². The molecule has 0 aliphatic carbocycles. The van der Waals surface area contributed by atoms with E-state index in [1.54, 1.807) is 19.2 Å². The van der Waals surface area contributed by atoms with E-state index in [0.717, 1.165) is 28.2 Å². The highest BCUT2D eigenvalue weighted by Gasteiger charge is 2.05. The summed E-state index contributed by atoms with van der Waals surface area (Å²) >= 11 is 0. The molecule has 0 heterocycles. The van der Waals surface area contributed by atoms with Crippen molar-refractivity contribution in [3.05, 3.63) is 95.3 Å². The van der Waals surface area contributed by atoms with Gasteiger partial charge in [0.15, 0.2) is 0 Å². The van der Waals surface area contributed by atoms with Gasteiger partial charge < -0.3 is 14.8 Å². The molecule has 0 aliphatic rings. The normalized spacial score (nSPS) is 10.4. The maximum absolute atomic E-state index is 12.9. The monoisotopic (exact) mass is 379 g/mol. The topological polar surface area (TPSA) is 47.6 Å². The first-order valence-corrected chi connectivity index (χ1v) is 8.98. The molecule has 0 unspecified atom stereocenters. The average Bonchev–Trinajstić information content (AvgIpc) is 2.73. The molecule has 0 bridgehead atoms. The summed E-state index contributed by atoms with van der Waals surface area (Å²) in [5.41, 5.74) is 2.80. The van der Waals surface area contributed by atoms with Crippen LogP contribution < -0.4 is 14.8 Å². The van der Waals surface area contributed by atoms with Crippen molar-refractivity contribution in [1.82, 2.24) is 5.32 Å². The van der Waals surface area contributed by atoms with E-state index in [9.17, 15) is 9.18 Å². The molecule has 0 radical (unpaired) electrons. The fourth-order valence-corrected chi connectivity index (χ4v) is 2.64. The molecule has 1 N–H and O–H groups in total. The summed E-state index contributed by atoms with van der Waals surface area (Å²) in [5, 5.41) is 2.83. The molecule has 1 amide bonds. The molecule has 0 aliphatic heterocycles. The number of amides is 1. The molecule has 0 fully saturated rings. The molecule has 0 spiro atoms. The quantitative estimate of drug-likeness (QED) is 0.636. The lowest BCUT2D eigenvalue weighted by Gasteiger charge is -2.09. The Kier molecular flexibility index (Phi) is 6.63. The van der Waals surface area contributed by atoms with Gasteiger partial charge in [-0.15, -0.1) is 0 Å². The van der Waals surface area contributed by atoms with E-state index in [1.807, 2.05) is 48.5 Å². The Morgan fingerprint density at radius 1 is 0.821 bits per heavy atom. The van der Waals surface area contributed by atoms with E-state index in [-0.39, 0.29) is 18.1 Å². The van der Waals surface area contributed by atoms with Gasteiger partial charge >= 0.3 is 0 Å². The predicted molar refractivity (Wildman–Crippen MR) is 106 cm³/mol. The number of hydrogen-bond acceptors (Lipinski definition) is 3. The smallest absolute Gasteiger partial charge is 0.224 e. The molecule has 144 valence electrons. The van der Waals surface area contributed by atoms with Gasteiger partial charge in [0.25, 0.3) is 0 Å². The Morgan fingerprint density at radius 3 is 2.04 bits per heavy atom. The molecule has 3 rings (SSSR count). The summed E-state index contributed by atoms with van der Waals surface area (Å²) in [6.45, 7) is 0.837. The Balaban J connectivity index is 1.45. The number of benzene rings is 3. The van der Waals surface area contributed by atoms with Gasteiger partial charge in [0, 0.05) is 6.54 Å². The van der Waals surface area contributed by atoms with Gasteiger partial charge in [-0.3, -0.25) is 4.79 Å².